The lowest BCUT2D eigenvalue weighted by atomic mass is 10.4. The summed E-state index contributed by atoms with van der Waals surface area (Å²) in [6, 6.07) is 3.47. The van der Waals surface area contributed by atoms with Crippen LogP contribution in [0.4, 0.5) is 5.95 Å². The molecule has 92 valence electrons. The molecule has 1 aromatic heterocycles. The lowest BCUT2D eigenvalue weighted by molar-refractivity contribution is 0.592. The molecule has 1 unspecified atom stereocenters. The topological polar surface area (TPSA) is 95.7 Å². The lowest BCUT2D eigenvalue weighted by Crippen LogP contribution is -2.27. The minimum absolute atomic E-state index is 0.0104. The zero-order valence-electron chi connectivity index (χ0n) is 9.93. The fraction of sp³-hybridized carbons (Fsp3) is 0.500. The number of aromatic nitrogens is 2. The van der Waals surface area contributed by atoms with Gasteiger partial charge < -0.3 is 0 Å². The van der Waals surface area contributed by atoms with E-state index in [2.05, 4.69) is 14.7 Å². The van der Waals surface area contributed by atoms with Gasteiger partial charge in [-0.3, -0.25) is 4.72 Å². The molecule has 1 atom stereocenters. The Morgan fingerprint density at radius 1 is 1.41 bits per heavy atom. The van der Waals surface area contributed by atoms with Crippen molar-refractivity contribution in [3.05, 3.63) is 17.5 Å². The van der Waals surface area contributed by atoms with Crippen LogP contribution >= 0.6 is 0 Å². The van der Waals surface area contributed by atoms with Crippen molar-refractivity contribution in [2.75, 3.05) is 4.72 Å². The Hall–Kier alpha value is -1.68. The van der Waals surface area contributed by atoms with Gasteiger partial charge >= 0.3 is 0 Å². The minimum atomic E-state index is -3.75. The SMILES string of the molecule is CCC(C#N)S(=O)(=O)Nc1nc(C)cc(C)n1. The van der Waals surface area contributed by atoms with Gasteiger partial charge in [0.15, 0.2) is 5.25 Å². The minimum Gasteiger partial charge on any atom is -0.250 e. The van der Waals surface area contributed by atoms with E-state index in [-0.39, 0.29) is 12.4 Å². The van der Waals surface area contributed by atoms with Crippen molar-refractivity contribution in [2.45, 2.75) is 32.4 Å². The third kappa shape index (κ3) is 3.39. The van der Waals surface area contributed by atoms with Crippen LogP contribution in [-0.4, -0.2) is 23.6 Å². The number of sulfonamides is 1. The highest BCUT2D eigenvalue weighted by molar-refractivity contribution is 7.93. The second-order valence-electron chi connectivity index (χ2n) is 3.65. The fourth-order valence-corrected chi connectivity index (χ4v) is 2.42. The van der Waals surface area contributed by atoms with Gasteiger partial charge in [0.2, 0.25) is 5.95 Å². The summed E-state index contributed by atoms with van der Waals surface area (Å²) in [5.74, 6) is 0.0104. The quantitative estimate of drug-likeness (QED) is 0.869. The Morgan fingerprint density at radius 3 is 2.35 bits per heavy atom. The Morgan fingerprint density at radius 2 is 1.94 bits per heavy atom. The molecular formula is C10H14N4O2S. The molecule has 0 aliphatic heterocycles. The molecular weight excluding hydrogens is 240 g/mol. The highest BCUT2D eigenvalue weighted by atomic mass is 32.2. The van der Waals surface area contributed by atoms with E-state index >= 15 is 0 Å². The summed E-state index contributed by atoms with van der Waals surface area (Å²) in [6.07, 6.45) is 0.219. The summed E-state index contributed by atoms with van der Waals surface area (Å²) in [6.45, 7) is 5.12. The Bertz CT molecular complexity index is 528. The highest BCUT2D eigenvalue weighted by Gasteiger charge is 2.24. The third-order valence-electron chi connectivity index (χ3n) is 2.11. The van der Waals surface area contributed by atoms with Crippen LogP contribution < -0.4 is 4.72 Å². The normalized spacial score (nSPS) is 12.8. The lowest BCUT2D eigenvalue weighted by Gasteiger charge is -2.10. The number of nitrogens with zero attached hydrogens (tertiary/aromatic N) is 3. The molecule has 17 heavy (non-hydrogen) atoms. The van der Waals surface area contributed by atoms with Gasteiger partial charge in [0.25, 0.3) is 10.0 Å². The predicted molar refractivity (Wildman–Crippen MR) is 63.7 cm³/mol. The molecule has 0 aliphatic rings. The average Bonchev–Trinajstić information content (AvgIpc) is 2.15. The zero-order valence-corrected chi connectivity index (χ0v) is 10.7. The number of hydrogen-bond acceptors (Lipinski definition) is 5. The summed E-state index contributed by atoms with van der Waals surface area (Å²) in [5.41, 5.74) is 1.33. The second-order valence-corrected chi connectivity index (χ2v) is 5.51. The smallest absolute Gasteiger partial charge is 0.250 e. The summed E-state index contributed by atoms with van der Waals surface area (Å²) >= 11 is 0. The van der Waals surface area contributed by atoms with Crippen molar-refractivity contribution in [2.24, 2.45) is 0 Å². The molecule has 0 radical (unpaired) electrons. The fourth-order valence-electron chi connectivity index (χ4n) is 1.35. The van der Waals surface area contributed by atoms with Gasteiger partial charge in [0, 0.05) is 11.4 Å². The van der Waals surface area contributed by atoms with Crippen molar-refractivity contribution in [1.82, 2.24) is 9.97 Å². The van der Waals surface area contributed by atoms with E-state index < -0.39 is 15.3 Å². The number of nitrogens with one attached hydrogen (secondary N) is 1. The van der Waals surface area contributed by atoms with Crippen molar-refractivity contribution >= 4 is 16.0 Å². The van der Waals surface area contributed by atoms with E-state index in [0.29, 0.717) is 11.4 Å². The van der Waals surface area contributed by atoms with E-state index in [1.165, 1.54) is 0 Å². The van der Waals surface area contributed by atoms with Crippen LogP contribution in [0.1, 0.15) is 24.7 Å². The summed E-state index contributed by atoms with van der Waals surface area (Å²) in [4.78, 5) is 7.92. The van der Waals surface area contributed by atoms with Crippen LogP contribution in [0.3, 0.4) is 0 Å². The van der Waals surface area contributed by atoms with Crippen LogP contribution in [0.5, 0.6) is 0 Å². The van der Waals surface area contributed by atoms with Crippen LogP contribution in [0.25, 0.3) is 0 Å². The summed E-state index contributed by atoms with van der Waals surface area (Å²) < 4.78 is 25.8. The molecule has 1 rings (SSSR count). The van der Waals surface area contributed by atoms with Crippen LogP contribution in [0, 0.1) is 25.2 Å². The van der Waals surface area contributed by atoms with Crippen molar-refractivity contribution < 1.29 is 8.42 Å². The Balaban J connectivity index is 3.02. The van der Waals surface area contributed by atoms with Gasteiger partial charge in [-0.2, -0.15) is 5.26 Å². The Kier molecular flexibility index (Phi) is 4.02. The van der Waals surface area contributed by atoms with E-state index in [1.54, 1.807) is 32.9 Å². The molecule has 0 bridgehead atoms. The number of hydrogen-bond donors (Lipinski definition) is 1. The first-order valence-corrected chi connectivity index (χ1v) is 6.67. The molecule has 7 heteroatoms. The highest BCUT2D eigenvalue weighted by Crippen LogP contribution is 2.10. The van der Waals surface area contributed by atoms with Gasteiger partial charge in [-0.05, 0) is 26.3 Å². The Labute approximate surface area is 101 Å². The largest absolute Gasteiger partial charge is 0.251 e. The first kappa shape index (κ1) is 13.4. The van der Waals surface area contributed by atoms with E-state index in [4.69, 9.17) is 5.26 Å². The second kappa shape index (κ2) is 5.10. The monoisotopic (exact) mass is 254 g/mol. The number of anilines is 1. The number of nitriles is 1. The number of rotatable bonds is 4. The third-order valence-corrected chi connectivity index (χ3v) is 3.76. The van der Waals surface area contributed by atoms with Crippen LogP contribution in [0.15, 0.2) is 6.07 Å². The maximum atomic E-state index is 11.8. The van der Waals surface area contributed by atoms with Crippen LogP contribution in [0.2, 0.25) is 0 Å². The van der Waals surface area contributed by atoms with Gasteiger partial charge in [-0.1, -0.05) is 6.92 Å². The van der Waals surface area contributed by atoms with Gasteiger partial charge in [0.1, 0.15) is 0 Å². The predicted octanol–water partition coefficient (Wildman–Crippen LogP) is 1.14. The van der Waals surface area contributed by atoms with Gasteiger partial charge in [-0.25, -0.2) is 18.4 Å². The number of aryl methyl sites for hydroxylation is 2. The van der Waals surface area contributed by atoms with E-state index in [0.717, 1.165) is 0 Å². The molecule has 6 nitrogen and oxygen atoms in total. The van der Waals surface area contributed by atoms with Gasteiger partial charge in [0.05, 0.1) is 6.07 Å². The maximum absolute atomic E-state index is 11.8. The summed E-state index contributed by atoms with van der Waals surface area (Å²) in [7, 11) is -3.75. The zero-order chi connectivity index (χ0) is 13.1. The first-order chi connectivity index (χ1) is 7.89. The molecule has 0 saturated carbocycles. The molecule has 0 saturated heterocycles. The molecule has 0 aromatic carbocycles. The van der Waals surface area contributed by atoms with Crippen molar-refractivity contribution in [3.63, 3.8) is 0 Å². The molecule has 0 aliphatic carbocycles. The molecule has 1 aromatic rings. The first-order valence-electron chi connectivity index (χ1n) is 5.12. The van der Waals surface area contributed by atoms with Crippen LogP contribution in [-0.2, 0) is 10.0 Å². The molecule has 1 heterocycles. The standard InChI is InChI=1S/C10H14N4O2S/c1-4-9(6-11)17(15,16)14-10-12-7(2)5-8(3)13-10/h5,9H,4H2,1-3H3,(H,12,13,14). The molecule has 0 spiro atoms. The van der Waals surface area contributed by atoms with Crippen molar-refractivity contribution in [3.8, 4) is 6.07 Å². The molecule has 0 fully saturated rings. The van der Waals surface area contributed by atoms with E-state index in [9.17, 15) is 8.42 Å². The van der Waals surface area contributed by atoms with Crippen molar-refractivity contribution in [1.29, 1.82) is 5.26 Å². The summed E-state index contributed by atoms with van der Waals surface area (Å²) in [5, 5.41) is 7.65. The molecule has 1 N–H and O–H groups in total. The van der Waals surface area contributed by atoms with Gasteiger partial charge in [-0.15, -0.1) is 0 Å². The molecule has 0 amide bonds. The average molecular weight is 254 g/mol. The maximum Gasteiger partial charge on any atom is 0.251 e. The van der Waals surface area contributed by atoms with E-state index in [1.807, 2.05) is 0 Å².